The number of benzene rings is 1. The van der Waals surface area contributed by atoms with Crippen LogP contribution >= 0.6 is 0 Å². The van der Waals surface area contributed by atoms with Crippen LogP contribution < -0.4 is 0 Å². The van der Waals surface area contributed by atoms with Crippen LogP contribution in [0.1, 0.15) is 11.1 Å². The second kappa shape index (κ2) is 7.47. The second-order valence-electron chi connectivity index (χ2n) is 7.22. The molecule has 1 aromatic heterocycles. The van der Waals surface area contributed by atoms with Crippen molar-refractivity contribution in [2.45, 2.75) is 13.5 Å². The molecule has 1 aliphatic rings. The Morgan fingerprint density at radius 3 is 2.67 bits per heavy atom. The van der Waals surface area contributed by atoms with Gasteiger partial charge in [-0.1, -0.05) is 6.07 Å². The third kappa shape index (κ3) is 3.86. The maximum absolute atomic E-state index is 9.67. The minimum Gasteiger partial charge on any atom is -0.396 e. The van der Waals surface area contributed by atoms with Crippen molar-refractivity contribution in [3.05, 3.63) is 47.8 Å². The Morgan fingerprint density at radius 2 is 2.04 bits per heavy atom. The highest BCUT2D eigenvalue weighted by molar-refractivity contribution is 5.39. The summed E-state index contributed by atoms with van der Waals surface area (Å²) in [6.45, 7) is 6.48. The summed E-state index contributed by atoms with van der Waals surface area (Å²) >= 11 is 0. The SMILES string of the molecule is Cc1cc(-n2cccn2)ccc1CN1C[C@@H](CN(C)C)[C@@H](CO)C1. The fraction of sp³-hybridized carbons (Fsp3) is 0.526. The largest absolute Gasteiger partial charge is 0.396 e. The molecule has 1 aromatic carbocycles. The second-order valence-corrected chi connectivity index (χ2v) is 7.22. The van der Waals surface area contributed by atoms with Crippen molar-refractivity contribution in [2.24, 2.45) is 11.8 Å². The van der Waals surface area contributed by atoms with E-state index in [0.717, 1.165) is 31.9 Å². The lowest BCUT2D eigenvalue weighted by Gasteiger charge is -2.20. The number of hydrogen-bond acceptors (Lipinski definition) is 4. The van der Waals surface area contributed by atoms with Crippen LogP contribution in [-0.4, -0.2) is 65.0 Å². The third-order valence-corrected chi connectivity index (χ3v) is 4.98. The summed E-state index contributed by atoms with van der Waals surface area (Å²) in [5.41, 5.74) is 3.74. The summed E-state index contributed by atoms with van der Waals surface area (Å²) in [5.74, 6) is 0.935. The van der Waals surface area contributed by atoms with Crippen LogP contribution in [0.25, 0.3) is 5.69 Å². The third-order valence-electron chi connectivity index (χ3n) is 4.98. The fourth-order valence-corrected chi connectivity index (χ4v) is 3.71. The fourth-order valence-electron chi connectivity index (χ4n) is 3.71. The number of rotatable bonds is 6. The Labute approximate surface area is 144 Å². The highest BCUT2D eigenvalue weighted by Crippen LogP contribution is 2.26. The predicted molar refractivity (Wildman–Crippen MR) is 96.2 cm³/mol. The number of aliphatic hydroxyl groups excluding tert-OH is 1. The average Bonchev–Trinajstić information content (AvgIpc) is 3.18. The Hall–Kier alpha value is -1.69. The first-order valence-electron chi connectivity index (χ1n) is 8.64. The van der Waals surface area contributed by atoms with Crippen molar-refractivity contribution in [1.82, 2.24) is 19.6 Å². The number of aliphatic hydroxyl groups is 1. The molecule has 5 nitrogen and oxygen atoms in total. The number of aryl methyl sites for hydroxylation is 1. The first kappa shape index (κ1) is 17.1. The maximum atomic E-state index is 9.67. The van der Waals surface area contributed by atoms with Crippen molar-refractivity contribution < 1.29 is 5.11 Å². The standard InChI is InChI=1S/C19H28N4O/c1-15-9-19(23-8-4-7-20-23)6-5-16(15)11-22-12-17(10-21(2)3)18(13-22)14-24/h4-9,17-18,24H,10-14H2,1-3H3/t17-,18-/m1/s1. The van der Waals surface area contributed by atoms with E-state index in [0.29, 0.717) is 11.8 Å². The molecule has 1 saturated heterocycles. The molecule has 5 heteroatoms. The van der Waals surface area contributed by atoms with Gasteiger partial charge in [0.05, 0.1) is 5.69 Å². The molecule has 3 rings (SSSR count). The van der Waals surface area contributed by atoms with Gasteiger partial charge in [0.25, 0.3) is 0 Å². The molecular formula is C19H28N4O. The lowest BCUT2D eigenvalue weighted by Crippen LogP contribution is -2.28. The van der Waals surface area contributed by atoms with E-state index >= 15 is 0 Å². The van der Waals surface area contributed by atoms with Gasteiger partial charge in [-0.3, -0.25) is 4.90 Å². The zero-order valence-corrected chi connectivity index (χ0v) is 14.9. The van der Waals surface area contributed by atoms with Crippen molar-refractivity contribution in [1.29, 1.82) is 0 Å². The molecule has 1 fully saturated rings. The zero-order chi connectivity index (χ0) is 17.1. The summed E-state index contributed by atoms with van der Waals surface area (Å²) < 4.78 is 1.89. The highest BCUT2D eigenvalue weighted by atomic mass is 16.3. The van der Waals surface area contributed by atoms with E-state index in [4.69, 9.17) is 0 Å². The minimum absolute atomic E-state index is 0.284. The number of aromatic nitrogens is 2. The number of likely N-dealkylation sites (tertiary alicyclic amines) is 1. The molecule has 0 spiro atoms. The Balaban J connectivity index is 1.68. The van der Waals surface area contributed by atoms with Gasteiger partial charge in [0, 0.05) is 45.2 Å². The van der Waals surface area contributed by atoms with E-state index in [1.807, 2.05) is 16.9 Å². The summed E-state index contributed by atoms with van der Waals surface area (Å²) in [5, 5.41) is 14.0. The van der Waals surface area contributed by atoms with Gasteiger partial charge < -0.3 is 10.0 Å². The quantitative estimate of drug-likeness (QED) is 0.878. The first-order valence-corrected chi connectivity index (χ1v) is 8.64. The number of hydrogen-bond donors (Lipinski definition) is 1. The van der Waals surface area contributed by atoms with Crippen LogP contribution in [0, 0.1) is 18.8 Å². The van der Waals surface area contributed by atoms with Crippen LogP contribution in [-0.2, 0) is 6.54 Å². The van der Waals surface area contributed by atoms with E-state index in [9.17, 15) is 5.11 Å². The lowest BCUT2D eigenvalue weighted by atomic mass is 9.97. The molecule has 1 N–H and O–H groups in total. The van der Waals surface area contributed by atoms with Gasteiger partial charge in [-0.15, -0.1) is 0 Å². The monoisotopic (exact) mass is 328 g/mol. The molecule has 0 aliphatic carbocycles. The zero-order valence-electron chi connectivity index (χ0n) is 14.9. The molecule has 0 saturated carbocycles. The topological polar surface area (TPSA) is 44.5 Å². The Morgan fingerprint density at radius 1 is 1.25 bits per heavy atom. The lowest BCUT2D eigenvalue weighted by molar-refractivity contribution is 0.183. The van der Waals surface area contributed by atoms with E-state index in [2.05, 4.69) is 54.1 Å². The van der Waals surface area contributed by atoms with Gasteiger partial charge in [0.2, 0.25) is 0 Å². The van der Waals surface area contributed by atoms with Gasteiger partial charge >= 0.3 is 0 Å². The predicted octanol–water partition coefficient (Wildman–Crippen LogP) is 1.78. The molecular weight excluding hydrogens is 300 g/mol. The molecule has 24 heavy (non-hydrogen) atoms. The first-order chi connectivity index (χ1) is 11.6. The molecule has 0 unspecified atom stereocenters. The van der Waals surface area contributed by atoms with Gasteiger partial charge in [0.1, 0.15) is 0 Å². The van der Waals surface area contributed by atoms with E-state index in [1.54, 1.807) is 6.20 Å². The molecule has 0 radical (unpaired) electrons. The van der Waals surface area contributed by atoms with E-state index in [-0.39, 0.29) is 6.61 Å². The Kier molecular flexibility index (Phi) is 5.33. The van der Waals surface area contributed by atoms with Crippen molar-refractivity contribution in [3.63, 3.8) is 0 Å². The van der Waals surface area contributed by atoms with Crippen LogP contribution in [0.15, 0.2) is 36.7 Å². The van der Waals surface area contributed by atoms with Crippen LogP contribution in [0.5, 0.6) is 0 Å². The summed E-state index contributed by atoms with van der Waals surface area (Å²) in [6, 6.07) is 8.47. The van der Waals surface area contributed by atoms with Crippen molar-refractivity contribution in [2.75, 3.05) is 40.3 Å². The van der Waals surface area contributed by atoms with Gasteiger partial charge in [-0.25, -0.2) is 4.68 Å². The van der Waals surface area contributed by atoms with Gasteiger partial charge in [-0.05, 0) is 62.2 Å². The minimum atomic E-state index is 0.284. The maximum Gasteiger partial charge on any atom is 0.0648 e. The summed E-state index contributed by atoms with van der Waals surface area (Å²) in [4.78, 5) is 4.70. The van der Waals surface area contributed by atoms with Crippen LogP contribution in [0.3, 0.4) is 0 Å². The molecule has 2 atom stereocenters. The van der Waals surface area contributed by atoms with Gasteiger partial charge in [-0.2, -0.15) is 5.10 Å². The summed E-state index contributed by atoms with van der Waals surface area (Å²) in [6.07, 6.45) is 3.76. The highest BCUT2D eigenvalue weighted by Gasteiger charge is 2.32. The molecule has 2 aromatic rings. The van der Waals surface area contributed by atoms with Crippen LogP contribution in [0.2, 0.25) is 0 Å². The summed E-state index contributed by atoms with van der Waals surface area (Å²) in [7, 11) is 4.21. The van der Waals surface area contributed by atoms with Crippen molar-refractivity contribution >= 4 is 0 Å². The normalized spacial score (nSPS) is 21.7. The average molecular weight is 328 g/mol. The van der Waals surface area contributed by atoms with Gasteiger partial charge in [0.15, 0.2) is 0 Å². The van der Waals surface area contributed by atoms with E-state index < -0.39 is 0 Å². The van der Waals surface area contributed by atoms with Crippen LogP contribution in [0.4, 0.5) is 0 Å². The molecule has 1 aliphatic heterocycles. The Bertz CT molecular complexity index is 653. The molecule has 0 bridgehead atoms. The molecule has 2 heterocycles. The van der Waals surface area contributed by atoms with Crippen molar-refractivity contribution in [3.8, 4) is 5.69 Å². The number of nitrogens with zero attached hydrogens (tertiary/aromatic N) is 4. The van der Waals surface area contributed by atoms with E-state index in [1.165, 1.54) is 11.1 Å². The molecule has 130 valence electrons. The smallest absolute Gasteiger partial charge is 0.0648 e. The molecule has 0 amide bonds.